The number of nitrogens with one attached hydrogen (secondary N) is 1. The van der Waals surface area contributed by atoms with E-state index in [1.54, 1.807) is 0 Å². The third-order valence-corrected chi connectivity index (χ3v) is 3.51. The molecule has 0 atom stereocenters. The summed E-state index contributed by atoms with van der Waals surface area (Å²) in [6.07, 6.45) is 0. The highest BCUT2D eigenvalue weighted by Gasteiger charge is 2.20. The van der Waals surface area contributed by atoms with Crippen LogP contribution in [-0.4, -0.2) is 9.55 Å². The van der Waals surface area contributed by atoms with Crippen molar-refractivity contribution < 1.29 is 0 Å². The number of hydrogen-bond acceptors (Lipinski definition) is 2. The number of aromatic nitrogens is 2. The minimum atomic E-state index is 0. The fourth-order valence-corrected chi connectivity index (χ4v) is 2.66. The monoisotopic (exact) mass is 313 g/mol. The predicted octanol–water partition coefficient (Wildman–Crippen LogP) is 3.12. The Morgan fingerprint density at radius 2 is 1.74 bits per heavy atom. The Morgan fingerprint density at radius 1 is 1.00 bits per heavy atom. The van der Waals surface area contributed by atoms with E-state index in [4.69, 9.17) is 5.41 Å². The number of hydrogen-bond donors (Lipinski definition) is 1. The first-order valence-electron chi connectivity index (χ1n) is 5.97. The van der Waals surface area contributed by atoms with Gasteiger partial charge >= 0.3 is 0 Å². The Bertz CT molecular complexity index is 836. The van der Waals surface area contributed by atoms with Crippen LogP contribution in [-0.2, 0) is 6.54 Å². The molecule has 2 aromatic carbocycles. The molecule has 1 aliphatic heterocycles. The van der Waals surface area contributed by atoms with Crippen LogP contribution >= 0.6 is 17.0 Å². The maximum Gasteiger partial charge on any atom is 0.156 e. The van der Waals surface area contributed by atoms with Gasteiger partial charge in [-0.3, -0.25) is 5.41 Å². The Labute approximate surface area is 120 Å². The number of para-hydroxylation sites is 1. The van der Waals surface area contributed by atoms with Crippen molar-refractivity contribution >= 4 is 27.9 Å². The van der Waals surface area contributed by atoms with Gasteiger partial charge in [-0.25, -0.2) is 4.98 Å². The summed E-state index contributed by atoms with van der Waals surface area (Å²) in [5, 5.41) is 8.96. The lowest BCUT2D eigenvalue weighted by Crippen LogP contribution is -2.13. The quantitative estimate of drug-likeness (QED) is 0.532. The van der Waals surface area contributed by atoms with Gasteiger partial charge in [0.15, 0.2) is 5.49 Å². The van der Waals surface area contributed by atoms with Crippen LogP contribution in [0.3, 0.4) is 0 Å². The second kappa shape index (κ2) is 4.31. The summed E-state index contributed by atoms with van der Waals surface area (Å²) in [5.74, 6) is 0.911. The average Bonchev–Trinajstić information content (AvgIpc) is 2.78. The Morgan fingerprint density at radius 3 is 2.63 bits per heavy atom. The molecule has 1 N–H and O–H groups in total. The van der Waals surface area contributed by atoms with E-state index in [-0.39, 0.29) is 17.0 Å². The highest BCUT2D eigenvalue weighted by molar-refractivity contribution is 8.93. The summed E-state index contributed by atoms with van der Waals surface area (Å²) < 4.78 is 2.19. The summed E-state index contributed by atoms with van der Waals surface area (Å²) in [4.78, 5) is 4.45. The van der Waals surface area contributed by atoms with Crippen molar-refractivity contribution in [1.29, 1.82) is 5.41 Å². The molecule has 0 spiro atoms. The first-order valence-corrected chi connectivity index (χ1v) is 5.97. The molecule has 3 nitrogen and oxygen atoms in total. The zero-order valence-electron chi connectivity index (χ0n) is 10.1. The molecule has 94 valence electrons. The summed E-state index contributed by atoms with van der Waals surface area (Å²) >= 11 is 0. The molecule has 0 saturated heterocycles. The van der Waals surface area contributed by atoms with Crippen molar-refractivity contribution in [3.8, 4) is 11.4 Å². The molecule has 4 heteroatoms. The Kier molecular flexibility index (Phi) is 2.75. The van der Waals surface area contributed by atoms with Crippen LogP contribution in [0.2, 0.25) is 0 Å². The number of fused-ring (bicyclic) bond motifs is 5. The SMILES string of the molecule is Br.N=c1nc2n(c3ccccc13)Cc1ccccc1-2. The minimum Gasteiger partial charge on any atom is -0.321 e. The largest absolute Gasteiger partial charge is 0.321 e. The van der Waals surface area contributed by atoms with Gasteiger partial charge in [0.2, 0.25) is 0 Å². The van der Waals surface area contributed by atoms with Gasteiger partial charge in [0.1, 0.15) is 5.82 Å². The van der Waals surface area contributed by atoms with Gasteiger partial charge in [0.25, 0.3) is 0 Å². The van der Waals surface area contributed by atoms with E-state index in [9.17, 15) is 0 Å². The van der Waals surface area contributed by atoms with Gasteiger partial charge in [-0.15, -0.1) is 17.0 Å². The maximum atomic E-state index is 8.05. The third-order valence-electron chi connectivity index (χ3n) is 3.51. The van der Waals surface area contributed by atoms with E-state index in [1.165, 1.54) is 5.56 Å². The van der Waals surface area contributed by atoms with E-state index >= 15 is 0 Å². The zero-order chi connectivity index (χ0) is 12.1. The number of benzene rings is 2. The normalized spacial score (nSPS) is 11.8. The Balaban J connectivity index is 0.00000110. The van der Waals surface area contributed by atoms with Crippen LogP contribution in [0.25, 0.3) is 22.3 Å². The molecule has 1 aliphatic rings. The third kappa shape index (κ3) is 1.64. The van der Waals surface area contributed by atoms with Crippen molar-refractivity contribution in [3.05, 3.63) is 59.6 Å². The number of nitrogens with zero attached hydrogens (tertiary/aromatic N) is 2. The van der Waals surface area contributed by atoms with Gasteiger partial charge in [0, 0.05) is 10.9 Å². The standard InChI is InChI=1S/C15H11N3.BrH/c16-14-12-7-3-4-8-13(12)18-9-10-5-1-2-6-11(10)15(18)17-14;/h1-8,16H,9H2;1H. The van der Waals surface area contributed by atoms with E-state index in [0.717, 1.165) is 28.8 Å². The molecule has 4 rings (SSSR count). The van der Waals surface area contributed by atoms with E-state index in [2.05, 4.69) is 33.8 Å². The van der Waals surface area contributed by atoms with Crippen molar-refractivity contribution in [2.24, 2.45) is 0 Å². The minimum absolute atomic E-state index is 0. The molecule has 2 heterocycles. The molecular formula is C15H12BrN3. The van der Waals surface area contributed by atoms with E-state index in [1.807, 2.05) is 24.3 Å². The van der Waals surface area contributed by atoms with Crippen molar-refractivity contribution in [3.63, 3.8) is 0 Å². The average molecular weight is 314 g/mol. The first-order chi connectivity index (χ1) is 8.84. The molecule has 0 unspecified atom stereocenters. The van der Waals surface area contributed by atoms with Crippen molar-refractivity contribution in [1.82, 2.24) is 9.55 Å². The van der Waals surface area contributed by atoms with Gasteiger partial charge in [-0.2, -0.15) is 0 Å². The zero-order valence-corrected chi connectivity index (χ0v) is 11.8. The van der Waals surface area contributed by atoms with Crippen molar-refractivity contribution in [2.75, 3.05) is 0 Å². The van der Waals surface area contributed by atoms with Gasteiger partial charge in [0.05, 0.1) is 12.1 Å². The summed E-state index contributed by atoms with van der Waals surface area (Å²) in [7, 11) is 0. The summed E-state index contributed by atoms with van der Waals surface area (Å²) in [6.45, 7) is 0.847. The molecular weight excluding hydrogens is 302 g/mol. The molecule has 0 radical (unpaired) electrons. The second-order valence-electron chi connectivity index (χ2n) is 4.54. The molecule has 1 aromatic heterocycles. The molecule has 19 heavy (non-hydrogen) atoms. The first kappa shape index (κ1) is 12.1. The van der Waals surface area contributed by atoms with E-state index in [0.29, 0.717) is 5.49 Å². The smallest absolute Gasteiger partial charge is 0.156 e. The van der Waals surface area contributed by atoms with E-state index < -0.39 is 0 Å². The predicted molar refractivity (Wildman–Crippen MR) is 80.4 cm³/mol. The topological polar surface area (TPSA) is 41.7 Å². The highest BCUT2D eigenvalue weighted by Crippen LogP contribution is 2.31. The van der Waals surface area contributed by atoms with Crippen LogP contribution < -0.4 is 5.49 Å². The lowest BCUT2D eigenvalue weighted by atomic mass is 10.1. The Hall–Kier alpha value is -1.94. The van der Waals surface area contributed by atoms with Gasteiger partial charge in [-0.1, -0.05) is 36.4 Å². The van der Waals surface area contributed by atoms with Gasteiger partial charge < -0.3 is 4.57 Å². The number of rotatable bonds is 0. The second-order valence-corrected chi connectivity index (χ2v) is 4.54. The maximum absolute atomic E-state index is 8.05. The molecule has 0 amide bonds. The van der Waals surface area contributed by atoms with Gasteiger partial charge in [-0.05, 0) is 17.7 Å². The van der Waals surface area contributed by atoms with Crippen LogP contribution in [0.15, 0.2) is 48.5 Å². The van der Waals surface area contributed by atoms with Crippen LogP contribution in [0, 0.1) is 5.41 Å². The molecule has 0 aliphatic carbocycles. The van der Waals surface area contributed by atoms with Crippen molar-refractivity contribution in [2.45, 2.75) is 6.54 Å². The highest BCUT2D eigenvalue weighted by atomic mass is 79.9. The molecule has 3 aromatic rings. The summed E-state index contributed by atoms with van der Waals surface area (Å²) in [5.41, 5.74) is 3.87. The molecule has 0 bridgehead atoms. The lowest BCUT2D eigenvalue weighted by Gasteiger charge is -2.08. The van der Waals surface area contributed by atoms with Crippen LogP contribution in [0.4, 0.5) is 0 Å². The fourth-order valence-electron chi connectivity index (χ4n) is 2.66. The number of halogens is 1. The molecule has 0 fully saturated rings. The molecule has 0 saturated carbocycles. The summed E-state index contributed by atoms with van der Waals surface area (Å²) in [6, 6.07) is 16.3. The van der Waals surface area contributed by atoms with Crippen LogP contribution in [0.5, 0.6) is 0 Å². The van der Waals surface area contributed by atoms with Crippen LogP contribution in [0.1, 0.15) is 5.56 Å². The lowest BCUT2D eigenvalue weighted by molar-refractivity contribution is 0.847. The fraction of sp³-hybridized carbons (Fsp3) is 0.0667.